The van der Waals surface area contributed by atoms with E-state index in [0.717, 1.165) is 32.1 Å². The van der Waals surface area contributed by atoms with E-state index in [4.69, 9.17) is 9.47 Å². The fraction of sp³-hybridized carbons (Fsp3) is 0.588. The highest BCUT2D eigenvalue weighted by molar-refractivity contribution is 14.0. The molecular weight excluding hydrogens is 405 g/mol. The minimum Gasteiger partial charge on any atom is -0.379 e. The van der Waals surface area contributed by atoms with Crippen LogP contribution in [0.2, 0.25) is 0 Å². The Hall–Kier alpha value is -0.860. The van der Waals surface area contributed by atoms with Crippen molar-refractivity contribution < 1.29 is 9.47 Å². The fourth-order valence-electron chi connectivity index (χ4n) is 1.93. The Kier molecular flexibility index (Phi) is 14.2. The maximum atomic E-state index is 5.60. The van der Waals surface area contributed by atoms with E-state index >= 15 is 0 Å². The molecule has 1 aromatic carbocycles. The van der Waals surface area contributed by atoms with E-state index in [1.807, 2.05) is 6.92 Å². The molecule has 2 N–H and O–H groups in total. The van der Waals surface area contributed by atoms with Gasteiger partial charge in [0.2, 0.25) is 0 Å². The lowest BCUT2D eigenvalue weighted by Gasteiger charge is -2.12. The van der Waals surface area contributed by atoms with Crippen molar-refractivity contribution in [3.8, 4) is 0 Å². The second-order valence-electron chi connectivity index (χ2n) is 4.92. The maximum absolute atomic E-state index is 5.60. The van der Waals surface area contributed by atoms with Gasteiger partial charge in [-0.25, -0.2) is 0 Å². The monoisotopic (exact) mass is 435 g/mol. The van der Waals surface area contributed by atoms with Crippen molar-refractivity contribution in [3.05, 3.63) is 35.4 Å². The average molecular weight is 435 g/mol. The third-order valence-corrected chi connectivity index (χ3v) is 3.06. The highest BCUT2D eigenvalue weighted by atomic mass is 127. The number of hydrogen-bond donors (Lipinski definition) is 2. The van der Waals surface area contributed by atoms with E-state index in [2.05, 4.69) is 46.8 Å². The van der Waals surface area contributed by atoms with Crippen LogP contribution >= 0.6 is 24.0 Å². The predicted molar refractivity (Wildman–Crippen MR) is 106 cm³/mol. The van der Waals surface area contributed by atoms with E-state index < -0.39 is 0 Å². The lowest BCUT2D eigenvalue weighted by molar-refractivity contribution is 0.0453. The van der Waals surface area contributed by atoms with Crippen molar-refractivity contribution in [2.45, 2.75) is 33.4 Å². The molecule has 0 amide bonds. The molecule has 0 unspecified atom stereocenters. The molecule has 0 aliphatic rings. The van der Waals surface area contributed by atoms with E-state index in [-0.39, 0.29) is 24.0 Å². The Morgan fingerprint density at radius 1 is 1.09 bits per heavy atom. The second-order valence-corrected chi connectivity index (χ2v) is 4.92. The van der Waals surface area contributed by atoms with Gasteiger partial charge in [0.1, 0.15) is 0 Å². The summed E-state index contributed by atoms with van der Waals surface area (Å²) in [6.07, 6.45) is 1.08. The molecule has 1 aromatic rings. The molecule has 6 heteroatoms. The second kappa shape index (κ2) is 14.7. The molecule has 132 valence electrons. The van der Waals surface area contributed by atoms with E-state index in [1.165, 1.54) is 11.1 Å². The van der Waals surface area contributed by atoms with Crippen LogP contribution in [0.4, 0.5) is 0 Å². The lowest BCUT2D eigenvalue weighted by atomic mass is 10.1. The first kappa shape index (κ1) is 22.1. The summed E-state index contributed by atoms with van der Waals surface area (Å²) in [5.74, 6) is 0.834. The van der Waals surface area contributed by atoms with Crippen molar-refractivity contribution in [1.82, 2.24) is 10.6 Å². The van der Waals surface area contributed by atoms with Crippen LogP contribution in [0.3, 0.4) is 0 Å². The Labute approximate surface area is 157 Å². The Morgan fingerprint density at radius 2 is 1.83 bits per heavy atom. The molecule has 0 atom stereocenters. The van der Waals surface area contributed by atoms with Crippen LogP contribution in [0.15, 0.2) is 29.3 Å². The number of hydrogen-bond acceptors (Lipinski definition) is 3. The molecule has 1 rings (SSSR count). The third kappa shape index (κ3) is 10.5. The van der Waals surface area contributed by atoms with Crippen LogP contribution in [-0.4, -0.2) is 39.4 Å². The summed E-state index contributed by atoms with van der Waals surface area (Å²) in [7, 11) is 1.79. The molecule has 0 saturated carbocycles. The minimum atomic E-state index is 0. The zero-order valence-corrected chi connectivity index (χ0v) is 16.8. The predicted octanol–water partition coefficient (Wildman–Crippen LogP) is 2.93. The molecule has 0 aromatic heterocycles. The first-order chi connectivity index (χ1) is 10.8. The quantitative estimate of drug-likeness (QED) is 0.257. The van der Waals surface area contributed by atoms with Crippen LogP contribution in [0.5, 0.6) is 0 Å². The summed E-state index contributed by atoms with van der Waals surface area (Å²) in [6.45, 7) is 8.42. The van der Waals surface area contributed by atoms with Gasteiger partial charge < -0.3 is 20.1 Å². The first-order valence-corrected chi connectivity index (χ1v) is 7.98. The van der Waals surface area contributed by atoms with Gasteiger partial charge in [-0.2, -0.15) is 0 Å². The number of ether oxygens (including phenoxy) is 2. The van der Waals surface area contributed by atoms with Gasteiger partial charge in [0.15, 0.2) is 5.96 Å². The summed E-state index contributed by atoms with van der Waals surface area (Å²) in [4.78, 5) is 4.20. The summed E-state index contributed by atoms with van der Waals surface area (Å²) in [5, 5.41) is 6.57. The smallest absolute Gasteiger partial charge is 0.191 e. The van der Waals surface area contributed by atoms with Crippen LogP contribution in [0.25, 0.3) is 0 Å². The highest BCUT2D eigenvalue weighted by Crippen LogP contribution is 2.06. The fourth-order valence-corrected chi connectivity index (χ4v) is 1.93. The van der Waals surface area contributed by atoms with Crippen LogP contribution in [0.1, 0.15) is 31.4 Å². The summed E-state index contributed by atoms with van der Waals surface area (Å²) >= 11 is 0. The van der Waals surface area contributed by atoms with Crippen molar-refractivity contribution in [1.29, 1.82) is 0 Å². The number of nitrogens with one attached hydrogen (secondary N) is 2. The highest BCUT2D eigenvalue weighted by Gasteiger charge is 1.99. The lowest BCUT2D eigenvalue weighted by Crippen LogP contribution is -2.37. The topological polar surface area (TPSA) is 54.9 Å². The first-order valence-electron chi connectivity index (χ1n) is 7.98. The molecule has 0 aliphatic carbocycles. The molecule has 5 nitrogen and oxygen atoms in total. The Balaban J connectivity index is 0.00000484. The molecule has 0 aliphatic heterocycles. The van der Waals surface area contributed by atoms with Crippen LogP contribution in [-0.2, 0) is 22.6 Å². The van der Waals surface area contributed by atoms with Gasteiger partial charge in [0.25, 0.3) is 0 Å². The van der Waals surface area contributed by atoms with Crippen molar-refractivity contribution in [2.24, 2.45) is 4.99 Å². The minimum absolute atomic E-state index is 0. The van der Waals surface area contributed by atoms with E-state index in [1.54, 1.807) is 7.05 Å². The normalized spacial score (nSPS) is 11.0. The number of halogens is 1. The van der Waals surface area contributed by atoms with Gasteiger partial charge in [-0.1, -0.05) is 31.2 Å². The number of nitrogens with zero attached hydrogens (tertiary/aromatic N) is 1. The summed E-state index contributed by atoms with van der Waals surface area (Å²) in [6, 6.07) is 8.39. The molecule has 0 heterocycles. The third-order valence-electron chi connectivity index (χ3n) is 3.06. The van der Waals surface area contributed by atoms with Crippen LogP contribution in [0, 0.1) is 0 Å². The van der Waals surface area contributed by atoms with Crippen molar-refractivity contribution >= 4 is 29.9 Å². The molecule has 0 spiro atoms. The van der Waals surface area contributed by atoms with Gasteiger partial charge >= 0.3 is 0 Å². The molecule has 0 bridgehead atoms. The zero-order chi connectivity index (χ0) is 16.0. The largest absolute Gasteiger partial charge is 0.379 e. The SMILES string of the molecule is CCCNC(=NC)NCc1cccc(COCCOCC)c1.I. The number of benzene rings is 1. The summed E-state index contributed by atoms with van der Waals surface area (Å²) in [5.41, 5.74) is 2.39. The molecule has 0 radical (unpaired) electrons. The van der Waals surface area contributed by atoms with Gasteiger partial charge in [0.05, 0.1) is 19.8 Å². The zero-order valence-electron chi connectivity index (χ0n) is 14.4. The van der Waals surface area contributed by atoms with E-state index in [0.29, 0.717) is 19.8 Å². The maximum Gasteiger partial charge on any atom is 0.191 e. The standard InChI is InChI=1S/C17H29N3O2.HI/c1-4-9-19-17(18-3)20-13-15-7-6-8-16(12-15)14-22-11-10-21-5-2;/h6-8,12H,4-5,9-11,13-14H2,1-3H3,(H2,18,19,20);1H. The van der Waals surface area contributed by atoms with Gasteiger partial charge in [-0.3, -0.25) is 4.99 Å². The number of rotatable bonds is 10. The average Bonchev–Trinajstić information content (AvgIpc) is 2.55. The van der Waals surface area contributed by atoms with Gasteiger partial charge in [0, 0.05) is 26.7 Å². The molecule has 0 saturated heterocycles. The van der Waals surface area contributed by atoms with Gasteiger partial charge in [-0.15, -0.1) is 24.0 Å². The van der Waals surface area contributed by atoms with E-state index in [9.17, 15) is 0 Å². The Morgan fingerprint density at radius 3 is 2.52 bits per heavy atom. The molecule has 23 heavy (non-hydrogen) atoms. The number of guanidine groups is 1. The van der Waals surface area contributed by atoms with Crippen molar-refractivity contribution in [3.63, 3.8) is 0 Å². The van der Waals surface area contributed by atoms with Crippen molar-refractivity contribution in [2.75, 3.05) is 33.4 Å². The number of aliphatic imine (C=N–C) groups is 1. The molecular formula is C17H30IN3O2. The summed E-state index contributed by atoms with van der Waals surface area (Å²) < 4.78 is 10.8. The Bertz CT molecular complexity index is 442. The van der Waals surface area contributed by atoms with Crippen LogP contribution < -0.4 is 10.6 Å². The molecule has 0 fully saturated rings. The van der Waals surface area contributed by atoms with Gasteiger partial charge in [-0.05, 0) is 24.5 Å².